The zero-order valence-corrected chi connectivity index (χ0v) is 30.8. The molecular formula is C54H38N2. The molecule has 0 aliphatic heterocycles. The van der Waals surface area contributed by atoms with E-state index in [1.54, 1.807) is 0 Å². The fourth-order valence-electron chi connectivity index (χ4n) is 8.16. The molecule has 0 aliphatic carbocycles. The van der Waals surface area contributed by atoms with Gasteiger partial charge in [0.1, 0.15) is 0 Å². The Labute approximate surface area is 327 Å². The van der Waals surface area contributed by atoms with Gasteiger partial charge in [0.25, 0.3) is 0 Å². The van der Waals surface area contributed by atoms with Crippen molar-refractivity contribution in [2.24, 2.45) is 0 Å². The third-order valence-electron chi connectivity index (χ3n) is 10.8. The Morgan fingerprint density at radius 1 is 0.268 bits per heavy atom. The second-order valence-corrected chi connectivity index (χ2v) is 14.1. The summed E-state index contributed by atoms with van der Waals surface area (Å²) in [5.74, 6) is 0. The van der Waals surface area contributed by atoms with E-state index < -0.39 is 0 Å². The van der Waals surface area contributed by atoms with Crippen LogP contribution in [0.3, 0.4) is 0 Å². The maximum atomic E-state index is 2.43. The molecule has 264 valence electrons. The van der Waals surface area contributed by atoms with Gasteiger partial charge in [-0.3, -0.25) is 0 Å². The number of rotatable bonds is 8. The van der Waals surface area contributed by atoms with Crippen LogP contribution >= 0.6 is 0 Å². The maximum absolute atomic E-state index is 2.43. The van der Waals surface area contributed by atoms with Gasteiger partial charge in [0.2, 0.25) is 0 Å². The molecule has 10 aromatic rings. The number of benzene rings is 9. The highest BCUT2D eigenvalue weighted by Gasteiger charge is 2.20. The van der Waals surface area contributed by atoms with E-state index in [2.05, 4.69) is 240 Å². The van der Waals surface area contributed by atoms with Crippen LogP contribution in [0.5, 0.6) is 0 Å². The number of aromatic nitrogens is 1. The summed E-state index contributed by atoms with van der Waals surface area (Å²) in [6.07, 6.45) is 0. The zero-order valence-electron chi connectivity index (χ0n) is 30.8. The Morgan fingerprint density at radius 3 is 1.21 bits per heavy atom. The van der Waals surface area contributed by atoms with Crippen molar-refractivity contribution in [3.63, 3.8) is 0 Å². The van der Waals surface area contributed by atoms with E-state index >= 15 is 0 Å². The first-order valence-corrected chi connectivity index (χ1v) is 19.2. The van der Waals surface area contributed by atoms with Gasteiger partial charge in [0.05, 0.1) is 16.7 Å². The van der Waals surface area contributed by atoms with Crippen molar-refractivity contribution in [3.8, 4) is 50.2 Å². The van der Waals surface area contributed by atoms with Crippen LogP contribution in [0.25, 0.3) is 72.0 Å². The molecule has 0 spiro atoms. The van der Waals surface area contributed by atoms with Crippen molar-refractivity contribution in [2.45, 2.75) is 0 Å². The second-order valence-electron chi connectivity index (χ2n) is 14.1. The molecule has 0 fully saturated rings. The van der Waals surface area contributed by atoms with E-state index in [4.69, 9.17) is 0 Å². The second kappa shape index (κ2) is 14.4. The number of hydrogen-bond donors (Lipinski definition) is 0. The minimum Gasteiger partial charge on any atom is -0.310 e. The van der Waals surface area contributed by atoms with E-state index in [0.717, 1.165) is 22.7 Å². The third-order valence-corrected chi connectivity index (χ3v) is 10.8. The van der Waals surface area contributed by atoms with Gasteiger partial charge in [-0.25, -0.2) is 0 Å². The number of anilines is 3. The molecule has 0 N–H and O–H groups in total. The van der Waals surface area contributed by atoms with E-state index in [0.29, 0.717) is 0 Å². The molecule has 1 heterocycles. The number of para-hydroxylation sites is 3. The molecule has 0 radical (unpaired) electrons. The van der Waals surface area contributed by atoms with Gasteiger partial charge in [-0.1, -0.05) is 176 Å². The summed E-state index contributed by atoms with van der Waals surface area (Å²) in [6, 6.07) is 83.1. The molecule has 0 amide bonds. The summed E-state index contributed by atoms with van der Waals surface area (Å²) in [6.45, 7) is 0. The predicted molar refractivity (Wildman–Crippen MR) is 237 cm³/mol. The first-order chi connectivity index (χ1) is 27.8. The van der Waals surface area contributed by atoms with Crippen LogP contribution < -0.4 is 4.90 Å². The minimum absolute atomic E-state index is 1.09. The van der Waals surface area contributed by atoms with E-state index in [9.17, 15) is 0 Å². The minimum atomic E-state index is 1.09. The maximum Gasteiger partial charge on any atom is 0.0541 e. The smallest absolute Gasteiger partial charge is 0.0541 e. The summed E-state index contributed by atoms with van der Waals surface area (Å²) in [7, 11) is 0. The number of nitrogens with zero attached hydrogens (tertiary/aromatic N) is 2. The fraction of sp³-hybridized carbons (Fsp3) is 0. The monoisotopic (exact) mass is 714 g/mol. The van der Waals surface area contributed by atoms with Crippen LogP contribution in [0.1, 0.15) is 0 Å². The molecule has 10 rings (SSSR count). The topological polar surface area (TPSA) is 8.17 Å². The summed E-state index contributed by atoms with van der Waals surface area (Å²) in [4.78, 5) is 2.37. The third kappa shape index (κ3) is 6.04. The molecule has 1 aromatic heterocycles. The van der Waals surface area contributed by atoms with Crippen LogP contribution in [-0.2, 0) is 0 Å². The molecule has 0 unspecified atom stereocenters. The van der Waals surface area contributed by atoms with Crippen molar-refractivity contribution < 1.29 is 0 Å². The molecule has 0 atom stereocenters. The van der Waals surface area contributed by atoms with Gasteiger partial charge in [-0.2, -0.15) is 0 Å². The lowest BCUT2D eigenvalue weighted by molar-refractivity contribution is 1.18. The average Bonchev–Trinajstić information content (AvgIpc) is 3.62. The number of fused-ring (bicyclic) bond motifs is 3. The number of hydrogen-bond acceptors (Lipinski definition) is 1. The Hall–Kier alpha value is -7.42. The molecule has 0 bridgehead atoms. The molecule has 0 saturated heterocycles. The van der Waals surface area contributed by atoms with Gasteiger partial charge in [0.15, 0.2) is 0 Å². The van der Waals surface area contributed by atoms with E-state index in [1.807, 2.05) is 0 Å². The van der Waals surface area contributed by atoms with E-state index in [-0.39, 0.29) is 0 Å². The standard InChI is InChI=1S/C54H38N2/c1-4-16-39(17-5-1)41-28-32-44(33-29-41)55(45-34-30-42(31-35-45)40-18-6-2-7-19-40)46-36-37-47(51(38-46)43-20-8-3-9-21-43)48-22-10-13-25-52(48)56-53-26-14-11-23-49(53)50-24-12-15-27-54(50)56/h1-38H. The van der Waals surface area contributed by atoms with Crippen LogP contribution in [0.2, 0.25) is 0 Å². The van der Waals surface area contributed by atoms with Crippen LogP contribution in [0, 0.1) is 0 Å². The first-order valence-electron chi connectivity index (χ1n) is 19.2. The van der Waals surface area contributed by atoms with Crippen molar-refractivity contribution in [2.75, 3.05) is 4.90 Å². The van der Waals surface area contributed by atoms with E-state index in [1.165, 1.54) is 66.3 Å². The van der Waals surface area contributed by atoms with Crippen LogP contribution in [-0.4, -0.2) is 4.57 Å². The zero-order chi connectivity index (χ0) is 37.3. The van der Waals surface area contributed by atoms with Crippen LogP contribution in [0.15, 0.2) is 231 Å². The van der Waals surface area contributed by atoms with Gasteiger partial charge in [0, 0.05) is 33.4 Å². The Balaban J connectivity index is 1.16. The molecule has 9 aromatic carbocycles. The molecule has 0 saturated carbocycles. The first kappa shape index (κ1) is 33.2. The molecule has 56 heavy (non-hydrogen) atoms. The lowest BCUT2D eigenvalue weighted by Gasteiger charge is -2.27. The van der Waals surface area contributed by atoms with Crippen molar-refractivity contribution >= 4 is 38.9 Å². The molecule has 2 heteroatoms. The lowest BCUT2D eigenvalue weighted by Crippen LogP contribution is -2.10. The van der Waals surface area contributed by atoms with Gasteiger partial charge in [-0.15, -0.1) is 0 Å². The predicted octanol–water partition coefficient (Wildman–Crippen LogP) is 14.9. The summed E-state index contributed by atoms with van der Waals surface area (Å²) >= 11 is 0. The fourth-order valence-corrected chi connectivity index (χ4v) is 8.16. The van der Waals surface area contributed by atoms with Gasteiger partial charge in [-0.05, 0) is 93.5 Å². The van der Waals surface area contributed by atoms with Crippen LogP contribution in [0.4, 0.5) is 17.1 Å². The summed E-state index contributed by atoms with van der Waals surface area (Å²) in [5.41, 5.74) is 16.3. The summed E-state index contributed by atoms with van der Waals surface area (Å²) < 4.78 is 2.43. The lowest BCUT2D eigenvalue weighted by atomic mass is 9.92. The van der Waals surface area contributed by atoms with Crippen molar-refractivity contribution in [1.82, 2.24) is 4.57 Å². The summed E-state index contributed by atoms with van der Waals surface area (Å²) in [5, 5.41) is 2.51. The molecular weight excluding hydrogens is 677 g/mol. The van der Waals surface area contributed by atoms with Gasteiger partial charge >= 0.3 is 0 Å². The highest BCUT2D eigenvalue weighted by molar-refractivity contribution is 6.10. The largest absolute Gasteiger partial charge is 0.310 e. The Kier molecular flexibility index (Phi) is 8.55. The highest BCUT2D eigenvalue weighted by Crippen LogP contribution is 2.44. The Morgan fingerprint density at radius 2 is 0.679 bits per heavy atom. The normalized spacial score (nSPS) is 11.2. The quantitative estimate of drug-likeness (QED) is 0.152. The average molecular weight is 715 g/mol. The highest BCUT2D eigenvalue weighted by atomic mass is 15.1. The van der Waals surface area contributed by atoms with Crippen molar-refractivity contribution in [1.29, 1.82) is 0 Å². The molecule has 2 nitrogen and oxygen atoms in total. The Bertz CT molecular complexity index is 2790. The molecule has 0 aliphatic rings. The van der Waals surface area contributed by atoms with Crippen molar-refractivity contribution in [3.05, 3.63) is 231 Å². The SMILES string of the molecule is c1ccc(-c2ccc(N(c3ccc(-c4ccccc4)cc3)c3ccc(-c4ccccc4-n4c5ccccc5c5ccccc54)c(-c4ccccc4)c3)cc2)cc1. The van der Waals surface area contributed by atoms with Gasteiger partial charge < -0.3 is 9.47 Å².